The lowest BCUT2D eigenvalue weighted by Gasteiger charge is -2.13. The molecule has 0 spiro atoms. The van der Waals surface area contributed by atoms with Crippen LogP contribution in [0.1, 0.15) is 25.3 Å². The van der Waals surface area contributed by atoms with E-state index in [4.69, 9.17) is 0 Å². The molecule has 0 saturated heterocycles. The highest BCUT2D eigenvalue weighted by Crippen LogP contribution is 2.32. The topological polar surface area (TPSA) is 21.3 Å². The minimum Gasteiger partial charge on any atom is -0.406 e. The molecule has 18 heavy (non-hydrogen) atoms. The van der Waals surface area contributed by atoms with Crippen molar-refractivity contribution in [3.8, 4) is 5.75 Å². The van der Waals surface area contributed by atoms with Crippen molar-refractivity contribution in [3.63, 3.8) is 0 Å². The molecule has 1 saturated carbocycles. The van der Waals surface area contributed by atoms with Gasteiger partial charge < -0.3 is 10.1 Å². The van der Waals surface area contributed by atoms with Crippen LogP contribution in [0.15, 0.2) is 24.3 Å². The van der Waals surface area contributed by atoms with Gasteiger partial charge in [0.05, 0.1) is 0 Å². The van der Waals surface area contributed by atoms with E-state index in [1.165, 1.54) is 25.0 Å². The van der Waals surface area contributed by atoms with Crippen LogP contribution in [-0.4, -0.2) is 12.4 Å². The summed E-state index contributed by atoms with van der Waals surface area (Å²) < 4.78 is 39.7. The van der Waals surface area contributed by atoms with E-state index < -0.39 is 6.36 Å². The maximum absolute atomic E-state index is 12.0. The zero-order valence-corrected chi connectivity index (χ0v) is 10.1. The van der Waals surface area contributed by atoms with E-state index in [0.717, 1.165) is 11.5 Å². The minimum absolute atomic E-state index is 0.179. The molecule has 1 unspecified atom stereocenters. The molecule has 5 heteroatoms. The van der Waals surface area contributed by atoms with Gasteiger partial charge in [-0.3, -0.25) is 0 Å². The third-order valence-corrected chi connectivity index (χ3v) is 3.11. The molecule has 0 amide bonds. The summed E-state index contributed by atoms with van der Waals surface area (Å²) in [4.78, 5) is 0. The first-order chi connectivity index (χ1) is 8.44. The average Bonchev–Trinajstić information content (AvgIpc) is 3.09. The van der Waals surface area contributed by atoms with Gasteiger partial charge in [-0.05, 0) is 43.4 Å². The van der Waals surface area contributed by atoms with Gasteiger partial charge in [-0.2, -0.15) is 0 Å². The van der Waals surface area contributed by atoms with E-state index in [-0.39, 0.29) is 5.75 Å². The Labute approximate surface area is 104 Å². The zero-order chi connectivity index (χ0) is 13.2. The average molecular weight is 259 g/mol. The maximum atomic E-state index is 12.0. The summed E-state index contributed by atoms with van der Waals surface area (Å²) in [6.07, 6.45) is -2.08. The lowest BCUT2D eigenvalue weighted by molar-refractivity contribution is -0.274. The Kier molecular flexibility index (Phi) is 3.80. The Morgan fingerprint density at radius 3 is 2.39 bits per heavy atom. The third kappa shape index (κ3) is 4.22. The fourth-order valence-corrected chi connectivity index (χ4v) is 1.85. The van der Waals surface area contributed by atoms with Crippen molar-refractivity contribution in [2.45, 2.75) is 38.7 Å². The minimum atomic E-state index is -4.62. The predicted molar refractivity (Wildman–Crippen MR) is 62.2 cm³/mol. The Balaban J connectivity index is 1.83. The van der Waals surface area contributed by atoms with Gasteiger partial charge in [0.15, 0.2) is 0 Å². The van der Waals surface area contributed by atoms with Crippen LogP contribution >= 0.6 is 0 Å². The number of nitrogens with one attached hydrogen (secondary N) is 1. The second-order valence-corrected chi connectivity index (χ2v) is 4.70. The van der Waals surface area contributed by atoms with Crippen molar-refractivity contribution in [1.29, 1.82) is 0 Å². The molecule has 2 nitrogen and oxygen atoms in total. The highest BCUT2D eigenvalue weighted by molar-refractivity contribution is 5.27. The van der Waals surface area contributed by atoms with Gasteiger partial charge in [-0.15, -0.1) is 13.2 Å². The number of benzene rings is 1. The Hall–Kier alpha value is -1.23. The quantitative estimate of drug-likeness (QED) is 0.874. The van der Waals surface area contributed by atoms with E-state index >= 15 is 0 Å². The zero-order valence-electron chi connectivity index (χ0n) is 10.1. The lowest BCUT2D eigenvalue weighted by Crippen LogP contribution is -2.27. The normalized spacial score (nSPS) is 17.6. The van der Waals surface area contributed by atoms with Crippen LogP contribution in [0, 0.1) is 5.92 Å². The predicted octanol–water partition coefficient (Wildman–Crippen LogP) is 3.47. The molecule has 0 heterocycles. The van der Waals surface area contributed by atoms with Crippen molar-refractivity contribution >= 4 is 0 Å². The van der Waals surface area contributed by atoms with E-state index in [1.807, 2.05) is 0 Å². The molecule has 0 aromatic heterocycles. The first-order valence-corrected chi connectivity index (χ1v) is 6.02. The molecule has 1 N–H and O–H groups in total. The highest BCUT2D eigenvalue weighted by Gasteiger charge is 2.31. The van der Waals surface area contributed by atoms with Crippen LogP contribution in [0.2, 0.25) is 0 Å². The van der Waals surface area contributed by atoms with Gasteiger partial charge in [0, 0.05) is 12.6 Å². The molecule has 1 fully saturated rings. The number of halogens is 3. The number of hydrogen-bond donors (Lipinski definition) is 1. The van der Waals surface area contributed by atoms with Gasteiger partial charge in [0.1, 0.15) is 5.75 Å². The maximum Gasteiger partial charge on any atom is 0.573 e. The first kappa shape index (κ1) is 13.2. The number of hydrogen-bond acceptors (Lipinski definition) is 2. The number of ether oxygens (including phenoxy) is 1. The highest BCUT2D eigenvalue weighted by atomic mass is 19.4. The molecule has 2 rings (SSSR count). The van der Waals surface area contributed by atoms with Gasteiger partial charge in [-0.1, -0.05) is 12.1 Å². The largest absolute Gasteiger partial charge is 0.573 e. The molecule has 1 aliphatic carbocycles. The van der Waals surface area contributed by atoms with Crippen LogP contribution in [0.5, 0.6) is 5.75 Å². The summed E-state index contributed by atoms with van der Waals surface area (Å²) in [5.41, 5.74) is 0.956. The van der Waals surface area contributed by atoms with E-state index in [9.17, 15) is 13.2 Å². The Morgan fingerprint density at radius 2 is 1.89 bits per heavy atom. The fourth-order valence-electron chi connectivity index (χ4n) is 1.85. The van der Waals surface area contributed by atoms with Gasteiger partial charge >= 0.3 is 6.36 Å². The van der Waals surface area contributed by atoms with Crippen molar-refractivity contribution in [2.75, 3.05) is 0 Å². The molecule has 1 atom stereocenters. The molecular formula is C13H16F3NO. The molecule has 0 radical (unpaired) electrons. The Morgan fingerprint density at radius 1 is 1.28 bits per heavy atom. The monoisotopic (exact) mass is 259 g/mol. The van der Waals surface area contributed by atoms with Crippen molar-refractivity contribution in [2.24, 2.45) is 5.92 Å². The van der Waals surface area contributed by atoms with Gasteiger partial charge in [0.25, 0.3) is 0 Å². The third-order valence-electron chi connectivity index (χ3n) is 3.11. The van der Waals surface area contributed by atoms with E-state index in [0.29, 0.717) is 12.6 Å². The summed E-state index contributed by atoms with van der Waals surface area (Å²) >= 11 is 0. The van der Waals surface area contributed by atoms with Crippen LogP contribution in [0.4, 0.5) is 13.2 Å². The van der Waals surface area contributed by atoms with E-state index in [1.54, 1.807) is 12.1 Å². The SMILES string of the molecule is CC(NCc1ccc(OC(F)(F)F)cc1)C1CC1. The smallest absolute Gasteiger partial charge is 0.406 e. The van der Waals surface area contributed by atoms with Crippen molar-refractivity contribution < 1.29 is 17.9 Å². The van der Waals surface area contributed by atoms with Gasteiger partial charge in [-0.25, -0.2) is 0 Å². The van der Waals surface area contributed by atoms with Crippen LogP contribution < -0.4 is 10.1 Å². The van der Waals surface area contributed by atoms with Crippen molar-refractivity contribution in [1.82, 2.24) is 5.32 Å². The van der Waals surface area contributed by atoms with Gasteiger partial charge in [0.2, 0.25) is 0 Å². The molecule has 1 aliphatic rings. The molecule has 100 valence electrons. The summed E-state index contributed by atoms with van der Waals surface area (Å²) in [7, 11) is 0. The van der Waals surface area contributed by atoms with E-state index in [2.05, 4.69) is 17.0 Å². The molecule has 1 aromatic rings. The van der Waals surface area contributed by atoms with Crippen molar-refractivity contribution in [3.05, 3.63) is 29.8 Å². The Bertz CT molecular complexity index is 384. The summed E-state index contributed by atoms with van der Waals surface area (Å²) in [6, 6.07) is 6.44. The summed E-state index contributed by atoms with van der Waals surface area (Å²) in [5.74, 6) is 0.583. The number of rotatable bonds is 5. The number of alkyl halides is 3. The lowest BCUT2D eigenvalue weighted by atomic mass is 10.1. The standard InChI is InChI=1S/C13H16F3NO/c1-9(11-4-5-11)17-8-10-2-6-12(7-3-10)18-13(14,15)16/h2-3,6-7,9,11,17H,4-5,8H2,1H3. The molecule has 1 aromatic carbocycles. The summed E-state index contributed by atoms with van der Waals surface area (Å²) in [6.45, 7) is 2.81. The second-order valence-electron chi connectivity index (χ2n) is 4.70. The first-order valence-electron chi connectivity index (χ1n) is 6.02. The molecule has 0 bridgehead atoms. The second kappa shape index (κ2) is 5.18. The van der Waals surface area contributed by atoms with Crippen LogP contribution in [0.25, 0.3) is 0 Å². The van der Waals surface area contributed by atoms with Crippen LogP contribution in [0.3, 0.4) is 0 Å². The van der Waals surface area contributed by atoms with Crippen LogP contribution in [-0.2, 0) is 6.54 Å². The molecular weight excluding hydrogens is 243 g/mol. The fraction of sp³-hybridized carbons (Fsp3) is 0.538. The molecule has 0 aliphatic heterocycles. The summed E-state index contributed by atoms with van der Waals surface area (Å²) in [5, 5.41) is 3.37.